The van der Waals surface area contributed by atoms with Crippen LogP contribution in [0.3, 0.4) is 0 Å². The first kappa shape index (κ1) is 21.2. The van der Waals surface area contributed by atoms with Gasteiger partial charge in [-0.2, -0.15) is 0 Å². The summed E-state index contributed by atoms with van der Waals surface area (Å²) >= 11 is 12.1. The minimum atomic E-state index is -0.369. The van der Waals surface area contributed by atoms with Crippen LogP contribution >= 0.6 is 23.2 Å². The molecule has 2 aromatic rings. The first-order valence-electron chi connectivity index (χ1n) is 9.07. The van der Waals surface area contributed by atoms with Crippen LogP contribution in [0.25, 0.3) is 0 Å². The molecular weight excluding hydrogens is 417 g/mol. The van der Waals surface area contributed by atoms with Gasteiger partial charge in [0, 0.05) is 30.1 Å². The standard InChI is InChI=1S/C20H21Cl2N3O4/c1-28-18-16(21)9-12(10-17(18)22)19(26)24-13-4-6-14(7-5-13)25-20(27)23-11-15-3-2-8-29-15/h4-7,9-10,15H,2-3,8,11H2,1H3,(H,24,26)(H2,23,25,27). The van der Waals surface area contributed by atoms with Gasteiger partial charge in [0.05, 0.1) is 23.3 Å². The van der Waals surface area contributed by atoms with Gasteiger partial charge in [0.1, 0.15) is 0 Å². The van der Waals surface area contributed by atoms with E-state index in [9.17, 15) is 9.59 Å². The van der Waals surface area contributed by atoms with Crippen LogP contribution in [-0.4, -0.2) is 38.3 Å². The second-order valence-electron chi connectivity index (χ2n) is 6.47. The van der Waals surface area contributed by atoms with Gasteiger partial charge >= 0.3 is 6.03 Å². The predicted octanol–water partition coefficient (Wildman–Crippen LogP) is 4.55. The molecule has 2 aromatic carbocycles. The molecule has 9 heteroatoms. The van der Waals surface area contributed by atoms with Crippen LogP contribution in [0, 0.1) is 0 Å². The molecule has 3 amide bonds. The maximum absolute atomic E-state index is 12.4. The summed E-state index contributed by atoms with van der Waals surface area (Å²) < 4.78 is 10.5. The van der Waals surface area contributed by atoms with Gasteiger partial charge in [-0.05, 0) is 49.2 Å². The van der Waals surface area contributed by atoms with E-state index in [4.69, 9.17) is 32.7 Å². The van der Waals surface area contributed by atoms with Crippen molar-refractivity contribution in [2.45, 2.75) is 18.9 Å². The molecular formula is C20H21Cl2N3O4. The SMILES string of the molecule is COc1c(Cl)cc(C(=O)Nc2ccc(NC(=O)NCC3CCCO3)cc2)cc1Cl. The fourth-order valence-corrected chi connectivity index (χ4v) is 3.55. The number of urea groups is 1. The molecule has 1 aliphatic rings. The molecule has 0 radical (unpaired) electrons. The second kappa shape index (κ2) is 9.82. The summed E-state index contributed by atoms with van der Waals surface area (Å²) in [7, 11) is 1.45. The summed E-state index contributed by atoms with van der Waals surface area (Å²) in [6.45, 7) is 1.23. The third-order valence-electron chi connectivity index (χ3n) is 4.38. The molecule has 1 fully saturated rings. The lowest BCUT2D eigenvalue weighted by atomic mass is 10.2. The van der Waals surface area contributed by atoms with Crippen LogP contribution in [0.2, 0.25) is 10.0 Å². The summed E-state index contributed by atoms with van der Waals surface area (Å²) in [6, 6.07) is 9.40. The summed E-state index contributed by atoms with van der Waals surface area (Å²) in [5.41, 5.74) is 1.46. The Morgan fingerprint density at radius 2 is 1.72 bits per heavy atom. The Kier molecular flexibility index (Phi) is 7.19. The number of carbonyl (C=O) groups is 2. The van der Waals surface area contributed by atoms with E-state index in [1.807, 2.05) is 0 Å². The number of benzene rings is 2. The van der Waals surface area contributed by atoms with Crippen LogP contribution in [0.5, 0.6) is 5.75 Å². The largest absolute Gasteiger partial charge is 0.494 e. The van der Waals surface area contributed by atoms with Gasteiger partial charge in [-0.1, -0.05) is 23.2 Å². The van der Waals surface area contributed by atoms with Gasteiger partial charge in [-0.15, -0.1) is 0 Å². The highest BCUT2D eigenvalue weighted by Crippen LogP contribution is 2.34. The monoisotopic (exact) mass is 437 g/mol. The molecule has 0 aromatic heterocycles. The Hall–Kier alpha value is -2.48. The molecule has 1 atom stereocenters. The molecule has 0 aliphatic carbocycles. The molecule has 154 valence electrons. The Morgan fingerprint density at radius 3 is 2.28 bits per heavy atom. The molecule has 3 rings (SSSR count). The molecule has 7 nitrogen and oxygen atoms in total. The van der Waals surface area contributed by atoms with Gasteiger partial charge in [0.25, 0.3) is 5.91 Å². The van der Waals surface area contributed by atoms with Gasteiger partial charge in [0.15, 0.2) is 5.75 Å². The molecule has 1 heterocycles. The maximum atomic E-state index is 12.4. The highest BCUT2D eigenvalue weighted by Gasteiger charge is 2.16. The van der Waals surface area contributed by atoms with Crippen molar-refractivity contribution in [2.24, 2.45) is 0 Å². The molecule has 0 spiro atoms. The minimum Gasteiger partial charge on any atom is -0.494 e. The first-order valence-corrected chi connectivity index (χ1v) is 9.83. The zero-order valence-corrected chi connectivity index (χ0v) is 17.3. The summed E-state index contributed by atoms with van der Waals surface area (Å²) in [6.07, 6.45) is 2.06. The minimum absolute atomic E-state index is 0.0818. The number of amides is 3. The van der Waals surface area contributed by atoms with Gasteiger partial charge in [0.2, 0.25) is 0 Å². The highest BCUT2D eigenvalue weighted by molar-refractivity contribution is 6.37. The molecule has 3 N–H and O–H groups in total. The second-order valence-corrected chi connectivity index (χ2v) is 7.29. The molecule has 29 heavy (non-hydrogen) atoms. The van der Waals surface area contributed by atoms with Crippen LogP contribution in [0.15, 0.2) is 36.4 Å². The van der Waals surface area contributed by atoms with E-state index < -0.39 is 0 Å². The topological polar surface area (TPSA) is 88.7 Å². The highest BCUT2D eigenvalue weighted by atomic mass is 35.5. The number of hydrogen-bond acceptors (Lipinski definition) is 4. The third kappa shape index (κ3) is 5.76. The molecule has 0 bridgehead atoms. The maximum Gasteiger partial charge on any atom is 0.319 e. The zero-order chi connectivity index (χ0) is 20.8. The summed E-state index contributed by atoms with van der Waals surface area (Å²) in [5, 5.41) is 8.77. The van der Waals surface area contributed by atoms with Crippen molar-refractivity contribution in [1.29, 1.82) is 0 Å². The van der Waals surface area contributed by atoms with E-state index in [0.717, 1.165) is 19.4 Å². The van der Waals surface area contributed by atoms with Crippen molar-refractivity contribution in [3.63, 3.8) is 0 Å². The van der Waals surface area contributed by atoms with E-state index in [-0.39, 0.29) is 28.1 Å². The molecule has 1 saturated heterocycles. The smallest absolute Gasteiger partial charge is 0.319 e. The van der Waals surface area contributed by atoms with Crippen LogP contribution in [-0.2, 0) is 4.74 Å². The lowest BCUT2D eigenvalue weighted by Crippen LogP contribution is -2.35. The van der Waals surface area contributed by atoms with Crippen LogP contribution in [0.4, 0.5) is 16.2 Å². The average Bonchev–Trinajstić information content (AvgIpc) is 3.21. The van der Waals surface area contributed by atoms with Crippen LogP contribution in [0.1, 0.15) is 23.2 Å². The number of hydrogen-bond donors (Lipinski definition) is 3. The number of halogens is 2. The number of nitrogens with one attached hydrogen (secondary N) is 3. The van der Waals surface area contributed by atoms with Gasteiger partial charge in [-0.3, -0.25) is 4.79 Å². The zero-order valence-electron chi connectivity index (χ0n) is 15.8. The number of rotatable bonds is 6. The summed E-state index contributed by atoms with van der Waals surface area (Å²) in [5.74, 6) is -0.0513. The number of anilines is 2. The molecule has 1 aliphatic heterocycles. The Morgan fingerprint density at radius 1 is 1.10 bits per heavy atom. The van der Waals surface area contributed by atoms with E-state index in [2.05, 4.69) is 16.0 Å². The average molecular weight is 438 g/mol. The Bertz CT molecular complexity index is 861. The molecule has 1 unspecified atom stereocenters. The van der Waals surface area contributed by atoms with E-state index in [1.54, 1.807) is 24.3 Å². The quantitative estimate of drug-likeness (QED) is 0.617. The van der Waals surface area contributed by atoms with E-state index in [1.165, 1.54) is 19.2 Å². The van der Waals surface area contributed by atoms with Crippen LogP contribution < -0.4 is 20.7 Å². The van der Waals surface area contributed by atoms with Crippen molar-refractivity contribution < 1.29 is 19.1 Å². The fourth-order valence-electron chi connectivity index (χ4n) is 2.91. The number of ether oxygens (including phenoxy) is 2. The number of carbonyl (C=O) groups excluding carboxylic acids is 2. The third-order valence-corrected chi connectivity index (χ3v) is 4.94. The van der Waals surface area contributed by atoms with Crippen molar-refractivity contribution in [2.75, 3.05) is 30.9 Å². The predicted molar refractivity (Wildman–Crippen MR) is 113 cm³/mol. The van der Waals surface area contributed by atoms with Crippen molar-refractivity contribution in [1.82, 2.24) is 5.32 Å². The van der Waals surface area contributed by atoms with Gasteiger partial charge < -0.3 is 25.4 Å². The molecule has 0 saturated carbocycles. The van der Waals surface area contributed by atoms with E-state index in [0.29, 0.717) is 29.2 Å². The fraction of sp³-hybridized carbons (Fsp3) is 0.300. The Balaban J connectivity index is 1.54. The summed E-state index contributed by atoms with van der Waals surface area (Å²) in [4.78, 5) is 24.4. The number of methoxy groups -OCH3 is 1. The first-order chi connectivity index (χ1) is 14.0. The van der Waals surface area contributed by atoms with Crippen molar-refractivity contribution in [3.05, 3.63) is 52.0 Å². The lowest BCUT2D eigenvalue weighted by Gasteiger charge is -2.12. The van der Waals surface area contributed by atoms with E-state index >= 15 is 0 Å². The van der Waals surface area contributed by atoms with Gasteiger partial charge in [-0.25, -0.2) is 4.79 Å². The lowest BCUT2D eigenvalue weighted by molar-refractivity contribution is 0.102. The Labute approximate surface area is 178 Å². The van der Waals surface area contributed by atoms with Crippen molar-refractivity contribution in [3.8, 4) is 5.75 Å². The van der Waals surface area contributed by atoms with Crippen molar-refractivity contribution >= 4 is 46.5 Å². The normalized spacial score (nSPS) is 15.6.